The van der Waals surface area contributed by atoms with Crippen molar-refractivity contribution in [2.45, 2.75) is 33.7 Å². The average molecular weight is 393 g/mol. The fourth-order valence-electron chi connectivity index (χ4n) is 3.41. The molecule has 1 heterocycles. The molecule has 1 aliphatic heterocycles. The number of hydrogen-bond acceptors (Lipinski definition) is 3. The third kappa shape index (κ3) is 5.22. The van der Waals surface area contributed by atoms with Crippen LogP contribution in [0.3, 0.4) is 0 Å². The van der Waals surface area contributed by atoms with Gasteiger partial charge in [-0.25, -0.2) is 0 Å². The Bertz CT molecular complexity index is 921. The lowest BCUT2D eigenvalue weighted by molar-refractivity contribution is -0.129. The van der Waals surface area contributed by atoms with E-state index in [0.29, 0.717) is 13.1 Å². The minimum atomic E-state index is -0.429. The minimum Gasteiger partial charge on any atom is -0.347 e. The number of carbonyl (C=O) groups excluding carboxylic acids is 3. The second-order valence-corrected chi connectivity index (χ2v) is 7.67. The molecule has 6 heteroatoms. The summed E-state index contributed by atoms with van der Waals surface area (Å²) in [4.78, 5) is 38.6. The van der Waals surface area contributed by atoms with E-state index in [9.17, 15) is 14.4 Å². The summed E-state index contributed by atoms with van der Waals surface area (Å²) < 4.78 is 0. The van der Waals surface area contributed by atoms with E-state index in [1.54, 1.807) is 4.90 Å². The molecule has 0 aromatic heterocycles. The topological polar surface area (TPSA) is 78.5 Å². The number of hydrogen-bond donors (Lipinski definition) is 2. The Morgan fingerprint density at radius 2 is 1.79 bits per heavy atom. The highest BCUT2D eigenvalue weighted by Crippen LogP contribution is 2.21. The van der Waals surface area contributed by atoms with E-state index < -0.39 is 5.92 Å². The Labute approximate surface area is 171 Å². The largest absolute Gasteiger partial charge is 0.347 e. The first-order valence-corrected chi connectivity index (χ1v) is 9.80. The van der Waals surface area contributed by atoms with E-state index in [1.165, 1.54) is 0 Å². The van der Waals surface area contributed by atoms with Gasteiger partial charge in [-0.05, 0) is 43.5 Å². The van der Waals surface area contributed by atoms with Crippen LogP contribution in [0, 0.1) is 26.7 Å². The van der Waals surface area contributed by atoms with Crippen LogP contribution in [0.2, 0.25) is 0 Å². The summed E-state index contributed by atoms with van der Waals surface area (Å²) in [6.45, 7) is 6.69. The summed E-state index contributed by atoms with van der Waals surface area (Å²) in [5.74, 6) is -1.01. The predicted octanol–water partition coefficient (Wildman–Crippen LogP) is 2.72. The van der Waals surface area contributed by atoms with Gasteiger partial charge in [0, 0.05) is 25.2 Å². The molecule has 1 atom stereocenters. The molecule has 0 unspecified atom stereocenters. The average Bonchev–Trinajstić information content (AvgIpc) is 3.06. The molecule has 0 radical (unpaired) electrons. The summed E-state index contributed by atoms with van der Waals surface area (Å²) >= 11 is 0. The molecule has 3 amide bonds. The zero-order valence-corrected chi connectivity index (χ0v) is 17.1. The standard InChI is InChI=1S/C23H27N3O3/c1-15-7-9-18(10-8-15)13-26-14-19(11-22(26)28)23(29)24-12-21(27)25-20-6-4-5-16(2)17(20)3/h4-10,19H,11-14H2,1-3H3,(H,24,29)(H,25,27)/t19-/m0/s1. The highest BCUT2D eigenvalue weighted by atomic mass is 16.2. The second kappa shape index (κ2) is 8.90. The SMILES string of the molecule is Cc1ccc(CN2C[C@@H](C(=O)NCC(=O)Nc3cccc(C)c3C)CC2=O)cc1. The molecule has 2 N–H and O–H groups in total. The van der Waals surface area contributed by atoms with Crippen molar-refractivity contribution in [2.24, 2.45) is 5.92 Å². The molecular weight excluding hydrogens is 366 g/mol. The molecule has 2 aromatic rings. The summed E-state index contributed by atoms with van der Waals surface area (Å²) in [5, 5.41) is 5.48. The van der Waals surface area contributed by atoms with Crippen molar-refractivity contribution in [1.29, 1.82) is 0 Å². The van der Waals surface area contributed by atoms with Crippen LogP contribution < -0.4 is 10.6 Å². The number of nitrogens with zero attached hydrogens (tertiary/aromatic N) is 1. The van der Waals surface area contributed by atoms with E-state index in [4.69, 9.17) is 0 Å². The normalized spacial score (nSPS) is 16.0. The number of benzene rings is 2. The first kappa shape index (κ1) is 20.6. The molecule has 1 aliphatic rings. The van der Waals surface area contributed by atoms with Crippen molar-refractivity contribution in [3.63, 3.8) is 0 Å². The van der Waals surface area contributed by atoms with Gasteiger partial charge in [-0.3, -0.25) is 14.4 Å². The van der Waals surface area contributed by atoms with Gasteiger partial charge in [-0.15, -0.1) is 0 Å². The Kier molecular flexibility index (Phi) is 6.32. The van der Waals surface area contributed by atoms with E-state index in [2.05, 4.69) is 10.6 Å². The molecule has 0 saturated carbocycles. The number of aryl methyl sites for hydroxylation is 2. The molecule has 1 fully saturated rings. The van der Waals surface area contributed by atoms with Gasteiger partial charge >= 0.3 is 0 Å². The molecule has 6 nitrogen and oxygen atoms in total. The van der Waals surface area contributed by atoms with Crippen molar-refractivity contribution in [3.05, 3.63) is 64.7 Å². The summed E-state index contributed by atoms with van der Waals surface area (Å²) in [5.41, 5.74) is 5.03. The van der Waals surface area contributed by atoms with Crippen LogP contribution in [0.25, 0.3) is 0 Å². The maximum absolute atomic E-state index is 12.4. The third-order valence-electron chi connectivity index (χ3n) is 5.38. The molecule has 29 heavy (non-hydrogen) atoms. The third-order valence-corrected chi connectivity index (χ3v) is 5.38. The summed E-state index contributed by atoms with van der Waals surface area (Å²) in [7, 11) is 0. The van der Waals surface area contributed by atoms with Crippen LogP contribution in [-0.4, -0.2) is 35.7 Å². The Hall–Kier alpha value is -3.15. The molecule has 1 saturated heterocycles. The smallest absolute Gasteiger partial charge is 0.243 e. The van der Waals surface area contributed by atoms with Gasteiger partial charge in [0.25, 0.3) is 0 Å². The Balaban J connectivity index is 1.49. The van der Waals surface area contributed by atoms with Gasteiger partial charge in [0.1, 0.15) is 0 Å². The highest BCUT2D eigenvalue weighted by molar-refractivity contribution is 5.96. The van der Waals surface area contributed by atoms with Crippen LogP contribution in [0.1, 0.15) is 28.7 Å². The number of carbonyl (C=O) groups is 3. The number of amides is 3. The fourth-order valence-corrected chi connectivity index (χ4v) is 3.41. The zero-order valence-electron chi connectivity index (χ0n) is 17.1. The summed E-state index contributed by atoms with van der Waals surface area (Å²) in [6.07, 6.45) is 0.177. The highest BCUT2D eigenvalue weighted by Gasteiger charge is 2.34. The molecule has 0 spiro atoms. The van der Waals surface area contributed by atoms with Crippen molar-refractivity contribution in [1.82, 2.24) is 10.2 Å². The van der Waals surface area contributed by atoms with Crippen LogP contribution in [0.5, 0.6) is 0 Å². The van der Waals surface area contributed by atoms with Crippen molar-refractivity contribution < 1.29 is 14.4 Å². The van der Waals surface area contributed by atoms with Crippen LogP contribution in [-0.2, 0) is 20.9 Å². The van der Waals surface area contributed by atoms with E-state index in [-0.39, 0.29) is 30.7 Å². The van der Waals surface area contributed by atoms with Gasteiger partial charge in [-0.1, -0.05) is 42.0 Å². The lowest BCUT2D eigenvalue weighted by Crippen LogP contribution is -2.37. The van der Waals surface area contributed by atoms with Gasteiger partial charge in [0.05, 0.1) is 12.5 Å². The second-order valence-electron chi connectivity index (χ2n) is 7.67. The summed E-state index contributed by atoms with van der Waals surface area (Å²) in [6, 6.07) is 13.7. The fraction of sp³-hybridized carbons (Fsp3) is 0.348. The van der Waals surface area contributed by atoms with E-state index >= 15 is 0 Å². The first-order chi connectivity index (χ1) is 13.8. The quantitative estimate of drug-likeness (QED) is 0.792. The van der Waals surface area contributed by atoms with Gasteiger partial charge in [0.15, 0.2) is 0 Å². The van der Waals surface area contributed by atoms with Gasteiger partial charge in [-0.2, -0.15) is 0 Å². The lowest BCUT2D eigenvalue weighted by atomic mass is 10.1. The molecule has 152 valence electrons. The van der Waals surface area contributed by atoms with Gasteiger partial charge in [0.2, 0.25) is 17.7 Å². The van der Waals surface area contributed by atoms with E-state index in [0.717, 1.165) is 27.9 Å². The number of likely N-dealkylation sites (tertiary alicyclic amines) is 1. The first-order valence-electron chi connectivity index (χ1n) is 9.80. The maximum atomic E-state index is 12.4. The molecule has 0 bridgehead atoms. The molecular formula is C23H27N3O3. The minimum absolute atomic E-state index is 0.0365. The molecule has 2 aromatic carbocycles. The van der Waals surface area contributed by atoms with Crippen molar-refractivity contribution >= 4 is 23.4 Å². The van der Waals surface area contributed by atoms with Crippen LogP contribution >= 0.6 is 0 Å². The lowest BCUT2D eigenvalue weighted by Gasteiger charge is -2.17. The van der Waals surface area contributed by atoms with Crippen molar-refractivity contribution in [3.8, 4) is 0 Å². The number of anilines is 1. The maximum Gasteiger partial charge on any atom is 0.243 e. The number of nitrogens with one attached hydrogen (secondary N) is 2. The van der Waals surface area contributed by atoms with Gasteiger partial charge < -0.3 is 15.5 Å². The van der Waals surface area contributed by atoms with E-state index in [1.807, 2.05) is 63.2 Å². The van der Waals surface area contributed by atoms with Crippen molar-refractivity contribution in [2.75, 3.05) is 18.4 Å². The molecule has 3 rings (SSSR count). The molecule has 0 aliphatic carbocycles. The Morgan fingerprint density at radius 3 is 2.52 bits per heavy atom. The zero-order chi connectivity index (χ0) is 21.0. The number of rotatable bonds is 6. The predicted molar refractivity (Wildman–Crippen MR) is 112 cm³/mol. The van der Waals surface area contributed by atoms with Crippen LogP contribution in [0.4, 0.5) is 5.69 Å². The monoisotopic (exact) mass is 393 g/mol. The van der Waals surface area contributed by atoms with Crippen LogP contribution in [0.15, 0.2) is 42.5 Å². The Morgan fingerprint density at radius 1 is 1.07 bits per heavy atom.